The molecule has 0 spiro atoms. The van der Waals surface area contributed by atoms with Crippen LogP contribution >= 0.6 is 0 Å². The largest absolute Gasteiger partial charge is 0.346 e. The van der Waals surface area contributed by atoms with E-state index < -0.39 is 0 Å². The van der Waals surface area contributed by atoms with E-state index in [2.05, 4.69) is 229 Å². The second-order valence-electron chi connectivity index (χ2n) is 21.1. The Morgan fingerprint density at radius 3 is 2.01 bits per heavy atom. The summed E-state index contributed by atoms with van der Waals surface area (Å²) in [5, 5.41) is 4.37. The van der Waals surface area contributed by atoms with Crippen LogP contribution in [-0.2, 0) is 17.4 Å². The third-order valence-electron chi connectivity index (χ3n) is 17.5. The molecule has 0 fully saturated rings. The zero-order valence-corrected chi connectivity index (χ0v) is 42.4. The van der Waals surface area contributed by atoms with Crippen molar-refractivity contribution >= 4 is 38.2 Å². The van der Waals surface area contributed by atoms with Gasteiger partial charge in [-0.3, -0.25) is 0 Å². The van der Waals surface area contributed by atoms with E-state index >= 15 is 0 Å². The van der Waals surface area contributed by atoms with Gasteiger partial charge in [-0.2, -0.15) is 13.5 Å². The maximum Gasteiger partial charge on any atom is 0.346 e. The average molecular weight is 948 g/mol. The van der Waals surface area contributed by atoms with Crippen LogP contribution in [0.4, 0.5) is 0 Å². The van der Waals surface area contributed by atoms with Crippen molar-refractivity contribution in [2.45, 2.75) is 89.6 Å². The highest BCUT2D eigenvalue weighted by Gasteiger charge is 2.60. The number of fused-ring (bicyclic) bond motifs is 7. The summed E-state index contributed by atoms with van der Waals surface area (Å²) in [4.78, 5) is 14.9. The molecule has 3 atom stereocenters. The van der Waals surface area contributed by atoms with Gasteiger partial charge >= 0.3 is 5.56 Å². The number of nitrogens with zero attached hydrogens (tertiary/aromatic N) is 3. The summed E-state index contributed by atoms with van der Waals surface area (Å²) in [6.07, 6.45) is 9.21. The zero-order valence-electron chi connectivity index (χ0n) is 42.4. The Kier molecular flexibility index (Phi) is 10.9. The first-order chi connectivity index (χ1) is 35.8. The fourth-order valence-electron chi connectivity index (χ4n) is 13.6. The molecule has 0 bridgehead atoms. The normalized spacial score (nSPS) is 17.7. The summed E-state index contributed by atoms with van der Waals surface area (Å²) in [7, 11) is 0. The molecule has 4 heteroatoms. The topological polar surface area (TPSA) is 29.2 Å². The minimum atomic E-state index is -0.321. The molecule has 0 saturated carbocycles. The molecule has 8 aromatic carbocycles. The Labute approximate surface area is 428 Å². The van der Waals surface area contributed by atoms with Crippen molar-refractivity contribution in [2.75, 3.05) is 0 Å². The van der Waals surface area contributed by atoms with Gasteiger partial charge < -0.3 is 0 Å². The van der Waals surface area contributed by atoms with E-state index in [-0.39, 0.29) is 22.6 Å². The lowest BCUT2D eigenvalue weighted by molar-refractivity contribution is -0.751. The highest BCUT2D eigenvalue weighted by atomic mass is 16.1. The highest BCUT2D eigenvalue weighted by molar-refractivity contribution is 5.99. The van der Waals surface area contributed by atoms with Gasteiger partial charge in [-0.25, -0.2) is 4.79 Å². The molecular weight excluding hydrogens is 887 g/mol. The second-order valence-corrected chi connectivity index (χ2v) is 21.1. The SMILES string of the molecule is CCCCc1cccc(-c2cc(-c3ccccc3)cc(-c3cccc(-c4ccc5c(c4)-c4ccc6ccccc6[n+]4C(CC)(CCC4c6cccc7ccn8c9ccccc9c(=O)[n+]4c8c67)C5(C)CC)c3)c2)c1. The van der Waals surface area contributed by atoms with Crippen LogP contribution in [0.15, 0.2) is 211 Å². The van der Waals surface area contributed by atoms with Gasteiger partial charge in [0.15, 0.2) is 5.54 Å². The second kappa shape index (κ2) is 17.7. The molecule has 13 rings (SSSR count). The molecule has 4 nitrogen and oxygen atoms in total. The molecule has 0 aliphatic carbocycles. The lowest BCUT2D eigenvalue weighted by atomic mass is 9.58. The van der Waals surface area contributed by atoms with Crippen molar-refractivity contribution in [1.82, 2.24) is 4.40 Å². The molecule has 0 N–H and O–H groups in total. The summed E-state index contributed by atoms with van der Waals surface area (Å²) in [5.74, 6) is 0. The third kappa shape index (κ3) is 6.97. The standard InChI is InChI=1S/C69H61N3O/c1-5-8-19-46-20-16-25-50(40-46)55-42-54(47-21-10-9-11-22-47)43-56(44-55)52-27-17-26-51(41-52)53-32-34-60-59(45-53)64-35-33-48-23-12-14-30-61(48)72(64)69(7-3,68(60,4)6-2)38-36-63-57-29-18-24-49-37-39-70-62-31-15-13-28-58(62)67(73)71(63)66(70)65(49)57/h9-18,20-35,37,39-45,63H,5-8,19,36,38H2,1-4H3/q+2. The maximum atomic E-state index is 14.9. The van der Waals surface area contributed by atoms with Crippen LogP contribution in [0, 0.1) is 0 Å². The molecule has 2 aliphatic heterocycles. The van der Waals surface area contributed by atoms with Crippen LogP contribution in [-0.4, -0.2) is 4.40 Å². The number of hydrogen-bond acceptors (Lipinski definition) is 1. The molecule has 0 amide bonds. The minimum absolute atomic E-state index is 0.0918. The van der Waals surface area contributed by atoms with E-state index in [0.29, 0.717) is 0 Å². The first-order valence-corrected chi connectivity index (χ1v) is 26.7. The van der Waals surface area contributed by atoms with E-state index in [1.165, 1.54) is 107 Å². The minimum Gasteiger partial charge on any atom is -0.241 e. The number of rotatable bonds is 12. The third-order valence-corrected chi connectivity index (χ3v) is 17.5. The quantitative estimate of drug-likeness (QED) is 0.0886. The van der Waals surface area contributed by atoms with Crippen LogP contribution < -0.4 is 14.7 Å². The summed E-state index contributed by atoms with van der Waals surface area (Å²) < 4.78 is 7.14. The Bertz CT molecular complexity index is 4060. The van der Waals surface area contributed by atoms with Crippen molar-refractivity contribution in [1.29, 1.82) is 0 Å². The summed E-state index contributed by atoms with van der Waals surface area (Å²) in [5.41, 5.74) is 19.1. The Morgan fingerprint density at radius 2 is 1.22 bits per heavy atom. The molecule has 2 aliphatic rings. The van der Waals surface area contributed by atoms with Gasteiger partial charge in [0.05, 0.1) is 22.6 Å². The molecule has 0 saturated heterocycles. The molecule has 356 valence electrons. The lowest BCUT2D eigenvalue weighted by Gasteiger charge is -2.48. The Hall–Kier alpha value is -7.95. The van der Waals surface area contributed by atoms with Crippen LogP contribution in [0.1, 0.15) is 89.0 Å². The maximum absolute atomic E-state index is 14.9. The number of benzene rings is 8. The fourth-order valence-corrected chi connectivity index (χ4v) is 13.6. The van der Waals surface area contributed by atoms with Crippen molar-refractivity contribution in [3.05, 3.63) is 233 Å². The summed E-state index contributed by atoms with van der Waals surface area (Å²) in [6, 6.07) is 74.1. The molecule has 11 aromatic rings. The number of aromatic nitrogens is 3. The van der Waals surface area contributed by atoms with Crippen LogP contribution in [0.2, 0.25) is 0 Å². The average Bonchev–Trinajstić information content (AvgIpc) is 3.79. The fraction of sp³-hybridized carbons (Fsp3) is 0.203. The lowest BCUT2D eigenvalue weighted by Crippen LogP contribution is -2.69. The Balaban J connectivity index is 0.933. The van der Waals surface area contributed by atoms with Gasteiger partial charge in [0, 0.05) is 35.9 Å². The van der Waals surface area contributed by atoms with E-state index in [4.69, 9.17) is 0 Å². The van der Waals surface area contributed by atoms with Crippen molar-refractivity contribution in [2.24, 2.45) is 0 Å². The van der Waals surface area contributed by atoms with Gasteiger partial charge in [0.2, 0.25) is 11.2 Å². The predicted molar refractivity (Wildman–Crippen MR) is 302 cm³/mol. The van der Waals surface area contributed by atoms with Gasteiger partial charge in [-0.1, -0.05) is 155 Å². The number of para-hydroxylation sites is 2. The highest BCUT2D eigenvalue weighted by Crippen LogP contribution is 2.54. The van der Waals surface area contributed by atoms with E-state index in [1.54, 1.807) is 0 Å². The van der Waals surface area contributed by atoms with Crippen molar-refractivity contribution < 1.29 is 9.13 Å². The number of aryl methyl sites for hydroxylation is 1. The molecule has 3 unspecified atom stereocenters. The summed E-state index contributed by atoms with van der Waals surface area (Å²) in [6.45, 7) is 9.59. The predicted octanol–water partition coefficient (Wildman–Crippen LogP) is 16.2. The van der Waals surface area contributed by atoms with Crippen LogP contribution in [0.25, 0.3) is 94.0 Å². The van der Waals surface area contributed by atoms with Crippen molar-refractivity contribution in [3.8, 4) is 55.8 Å². The van der Waals surface area contributed by atoms with E-state index in [0.717, 1.165) is 48.7 Å². The van der Waals surface area contributed by atoms with Crippen LogP contribution in [0.3, 0.4) is 0 Å². The molecule has 0 radical (unpaired) electrons. The number of pyridine rings is 2. The van der Waals surface area contributed by atoms with Gasteiger partial charge in [0.25, 0.3) is 5.65 Å². The smallest absolute Gasteiger partial charge is 0.241 e. The Morgan fingerprint density at radius 1 is 0.562 bits per heavy atom. The monoisotopic (exact) mass is 947 g/mol. The van der Waals surface area contributed by atoms with Gasteiger partial charge in [0.1, 0.15) is 16.9 Å². The van der Waals surface area contributed by atoms with Crippen LogP contribution in [0.5, 0.6) is 0 Å². The van der Waals surface area contributed by atoms with Gasteiger partial charge in [-0.15, -0.1) is 0 Å². The molecule has 73 heavy (non-hydrogen) atoms. The molecule has 5 heterocycles. The van der Waals surface area contributed by atoms with E-state index in [1.807, 2.05) is 18.2 Å². The first kappa shape index (κ1) is 45.0. The zero-order chi connectivity index (χ0) is 49.4. The number of unbranched alkanes of at least 4 members (excludes halogenated alkanes) is 1. The van der Waals surface area contributed by atoms with Crippen molar-refractivity contribution in [3.63, 3.8) is 0 Å². The van der Waals surface area contributed by atoms with Gasteiger partial charge in [-0.05, 0) is 154 Å². The molecule has 3 aromatic heterocycles. The molecular formula is C69H61N3O+2. The number of hydrogen-bond donors (Lipinski definition) is 0. The van der Waals surface area contributed by atoms with E-state index in [9.17, 15) is 4.79 Å². The first-order valence-electron chi connectivity index (χ1n) is 26.7. The summed E-state index contributed by atoms with van der Waals surface area (Å²) >= 11 is 0.